The standard InChI is InChI=1S/C8H7ClF5N3/c9-7(10,11)6(17-15)4-3-16-2-1-5(4)8(12,13)14/h1-3,6,17H,15H2. The van der Waals surface area contributed by atoms with E-state index in [1.807, 2.05) is 0 Å². The monoisotopic (exact) mass is 275 g/mol. The van der Waals surface area contributed by atoms with E-state index in [9.17, 15) is 22.0 Å². The number of hydrazine groups is 1. The molecule has 0 aliphatic rings. The Morgan fingerprint density at radius 3 is 2.29 bits per heavy atom. The van der Waals surface area contributed by atoms with Gasteiger partial charge in [-0.05, 0) is 17.7 Å². The first kappa shape index (κ1) is 14.1. The van der Waals surface area contributed by atoms with Gasteiger partial charge in [0.2, 0.25) is 0 Å². The van der Waals surface area contributed by atoms with Crippen molar-refractivity contribution < 1.29 is 22.0 Å². The molecular weight excluding hydrogens is 269 g/mol. The highest BCUT2D eigenvalue weighted by atomic mass is 35.5. The molecule has 0 bridgehead atoms. The lowest BCUT2D eigenvalue weighted by atomic mass is 10.0. The van der Waals surface area contributed by atoms with Gasteiger partial charge in [-0.3, -0.25) is 10.8 Å². The van der Waals surface area contributed by atoms with Gasteiger partial charge >= 0.3 is 11.6 Å². The van der Waals surface area contributed by atoms with Crippen LogP contribution in [0.1, 0.15) is 17.2 Å². The highest BCUT2D eigenvalue weighted by molar-refractivity contribution is 6.22. The van der Waals surface area contributed by atoms with Gasteiger partial charge in [-0.1, -0.05) is 0 Å². The number of pyridine rings is 1. The van der Waals surface area contributed by atoms with E-state index in [0.717, 1.165) is 6.20 Å². The molecule has 3 N–H and O–H groups in total. The van der Waals surface area contributed by atoms with Gasteiger partial charge in [0.15, 0.2) is 0 Å². The van der Waals surface area contributed by atoms with Gasteiger partial charge in [-0.2, -0.15) is 22.0 Å². The van der Waals surface area contributed by atoms with E-state index >= 15 is 0 Å². The van der Waals surface area contributed by atoms with E-state index in [2.05, 4.69) is 16.6 Å². The second-order valence-corrected chi connectivity index (χ2v) is 3.61. The van der Waals surface area contributed by atoms with E-state index < -0.39 is 28.7 Å². The summed E-state index contributed by atoms with van der Waals surface area (Å²) in [7, 11) is 0. The van der Waals surface area contributed by atoms with Crippen LogP contribution in [-0.4, -0.2) is 10.4 Å². The van der Waals surface area contributed by atoms with E-state index in [4.69, 9.17) is 5.84 Å². The largest absolute Gasteiger partial charge is 0.416 e. The lowest BCUT2D eigenvalue weighted by molar-refractivity contribution is -0.139. The molecule has 1 rings (SSSR count). The summed E-state index contributed by atoms with van der Waals surface area (Å²) in [4.78, 5) is 3.35. The molecule has 1 aromatic heterocycles. The Balaban J connectivity index is 3.30. The number of aromatic nitrogens is 1. The molecule has 9 heteroatoms. The number of hydrogen-bond donors (Lipinski definition) is 2. The number of nitrogens with one attached hydrogen (secondary N) is 1. The minimum atomic E-state index is -4.80. The number of halogens is 6. The van der Waals surface area contributed by atoms with Gasteiger partial charge in [0.25, 0.3) is 0 Å². The Bertz CT molecular complexity index is 389. The average Bonchev–Trinajstić information content (AvgIpc) is 2.15. The Morgan fingerprint density at radius 2 is 1.88 bits per heavy atom. The lowest BCUT2D eigenvalue weighted by Gasteiger charge is -2.23. The Morgan fingerprint density at radius 1 is 1.29 bits per heavy atom. The van der Waals surface area contributed by atoms with Crippen molar-refractivity contribution in [3.05, 3.63) is 29.6 Å². The summed E-state index contributed by atoms with van der Waals surface area (Å²) in [5.41, 5.74) is -0.536. The first-order valence-electron chi connectivity index (χ1n) is 4.22. The zero-order valence-electron chi connectivity index (χ0n) is 8.10. The second-order valence-electron chi connectivity index (χ2n) is 3.10. The minimum Gasteiger partial charge on any atom is -0.271 e. The fraction of sp³-hybridized carbons (Fsp3) is 0.375. The summed E-state index contributed by atoms with van der Waals surface area (Å²) in [5, 5.41) is -3.97. The summed E-state index contributed by atoms with van der Waals surface area (Å²) >= 11 is 4.68. The highest BCUT2D eigenvalue weighted by Gasteiger charge is 2.43. The van der Waals surface area contributed by atoms with Crippen LogP contribution in [0.4, 0.5) is 22.0 Å². The molecule has 3 nitrogen and oxygen atoms in total. The van der Waals surface area contributed by atoms with Gasteiger partial charge in [0, 0.05) is 18.0 Å². The van der Waals surface area contributed by atoms with Crippen LogP contribution in [-0.2, 0) is 6.18 Å². The quantitative estimate of drug-likeness (QED) is 0.385. The zero-order chi connectivity index (χ0) is 13.3. The maximum atomic E-state index is 12.9. The molecule has 1 aromatic rings. The maximum absolute atomic E-state index is 12.9. The van der Waals surface area contributed by atoms with Crippen molar-refractivity contribution in [2.24, 2.45) is 5.84 Å². The molecule has 0 saturated heterocycles. The topological polar surface area (TPSA) is 50.9 Å². The number of rotatable bonds is 3. The SMILES string of the molecule is NNC(c1cnccc1C(F)(F)F)C(F)(F)Cl. The third kappa shape index (κ3) is 3.24. The van der Waals surface area contributed by atoms with E-state index in [-0.39, 0.29) is 0 Å². The normalized spacial score (nSPS) is 14.8. The molecule has 17 heavy (non-hydrogen) atoms. The van der Waals surface area contributed by atoms with Gasteiger partial charge in [-0.25, -0.2) is 5.43 Å². The van der Waals surface area contributed by atoms with Gasteiger partial charge < -0.3 is 0 Å². The zero-order valence-corrected chi connectivity index (χ0v) is 8.86. The number of nitrogens with zero attached hydrogens (tertiary/aromatic N) is 1. The van der Waals surface area contributed by atoms with Crippen LogP contribution in [0.15, 0.2) is 18.5 Å². The third-order valence-corrected chi connectivity index (χ3v) is 2.18. The van der Waals surface area contributed by atoms with Gasteiger partial charge in [0.1, 0.15) is 6.04 Å². The Kier molecular flexibility index (Phi) is 3.90. The number of hydrogen-bond acceptors (Lipinski definition) is 3. The van der Waals surface area contributed by atoms with Crippen molar-refractivity contribution in [3.8, 4) is 0 Å². The molecule has 1 unspecified atom stereocenters. The Hall–Kier alpha value is -0.990. The highest BCUT2D eigenvalue weighted by Crippen LogP contribution is 2.40. The molecule has 0 aliphatic carbocycles. The van der Waals surface area contributed by atoms with E-state index in [0.29, 0.717) is 12.3 Å². The number of alkyl halides is 6. The fourth-order valence-corrected chi connectivity index (χ4v) is 1.44. The van der Waals surface area contributed by atoms with Crippen LogP contribution in [0.3, 0.4) is 0 Å². The van der Waals surface area contributed by atoms with E-state index in [1.165, 1.54) is 0 Å². The first-order valence-corrected chi connectivity index (χ1v) is 4.59. The first-order chi connectivity index (χ1) is 7.68. The summed E-state index contributed by atoms with van der Waals surface area (Å²) in [5.74, 6) is 4.79. The van der Waals surface area contributed by atoms with Crippen LogP contribution in [0.25, 0.3) is 0 Å². The molecule has 1 atom stereocenters. The van der Waals surface area contributed by atoms with E-state index in [1.54, 1.807) is 5.43 Å². The van der Waals surface area contributed by atoms with Gasteiger partial charge in [0.05, 0.1) is 5.56 Å². The van der Waals surface area contributed by atoms with Crippen molar-refractivity contribution in [1.82, 2.24) is 10.4 Å². The molecule has 96 valence electrons. The van der Waals surface area contributed by atoms with Crippen molar-refractivity contribution in [2.45, 2.75) is 17.6 Å². The molecule has 0 radical (unpaired) electrons. The molecule has 0 fully saturated rings. The summed E-state index contributed by atoms with van der Waals surface area (Å²) in [6.07, 6.45) is -3.31. The smallest absolute Gasteiger partial charge is 0.271 e. The minimum absolute atomic E-state index is 0.572. The predicted molar refractivity (Wildman–Crippen MR) is 50.1 cm³/mol. The fourth-order valence-electron chi connectivity index (χ4n) is 1.26. The average molecular weight is 276 g/mol. The lowest BCUT2D eigenvalue weighted by Crippen LogP contribution is -2.39. The van der Waals surface area contributed by atoms with Crippen LogP contribution >= 0.6 is 11.6 Å². The third-order valence-electron chi connectivity index (χ3n) is 1.96. The molecule has 0 aliphatic heterocycles. The molecule has 0 amide bonds. The maximum Gasteiger partial charge on any atom is 0.416 e. The van der Waals surface area contributed by atoms with Crippen LogP contribution in [0.2, 0.25) is 0 Å². The molecule has 0 aromatic carbocycles. The van der Waals surface area contributed by atoms with Crippen molar-refractivity contribution >= 4 is 11.6 Å². The molecular formula is C8H7ClF5N3. The summed E-state index contributed by atoms with van der Waals surface area (Å²) in [6, 6.07) is -1.61. The van der Waals surface area contributed by atoms with Crippen molar-refractivity contribution in [2.75, 3.05) is 0 Å². The summed E-state index contributed by atoms with van der Waals surface area (Å²) in [6.45, 7) is 0. The van der Waals surface area contributed by atoms with Crippen molar-refractivity contribution in [1.29, 1.82) is 0 Å². The Labute approximate surface area is 97.7 Å². The molecule has 0 saturated carbocycles. The van der Waals surface area contributed by atoms with Crippen LogP contribution < -0.4 is 11.3 Å². The number of nitrogens with two attached hydrogens (primary N) is 1. The second kappa shape index (κ2) is 4.71. The molecule has 1 heterocycles. The van der Waals surface area contributed by atoms with Crippen molar-refractivity contribution in [3.63, 3.8) is 0 Å². The van der Waals surface area contributed by atoms with Gasteiger partial charge in [-0.15, -0.1) is 0 Å². The van der Waals surface area contributed by atoms with Crippen LogP contribution in [0, 0.1) is 0 Å². The van der Waals surface area contributed by atoms with Crippen LogP contribution in [0.5, 0.6) is 0 Å². The molecule has 0 spiro atoms. The summed E-state index contributed by atoms with van der Waals surface area (Å²) < 4.78 is 63.4. The predicted octanol–water partition coefficient (Wildman–Crippen LogP) is 2.44.